The van der Waals surface area contributed by atoms with Crippen LogP contribution in [0.4, 0.5) is 0 Å². The van der Waals surface area contributed by atoms with E-state index in [9.17, 15) is 4.57 Å². The first-order valence-corrected chi connectivity index (χ1v) is 10.8. The quantitative estimate of drug-likeness (QED) is 0.501. The van der Waals surface area contributed by atoms with Crippen LogP contribution in [-0.4, -0.2) is 0 Å². The molecule has 0 aliphatic heterocycles. The molecule has 1 atom stereocenters. The highest BCUT2D eigenvalue weighted by Crippen LogP contribution is 2.53. The van der Waals surface area contributed by atoms with Crippen molar-refractivity contribution in [2.75, 3.05) is 0 Å². The fraction of sp³-hybridized carbons (Fsp3) is 0.364. The summed E-state index contributed by atoms with van der Waals surface area (Å²) in [5, 5.41) is 0. The number of para-hydroxylation sites is 2. The van der Waals surface area contributed by atoms with E-state index < -0.39 is 7.82 Å². The number of allylic oxidation sites excluding steroid dienone is 2. The molecule has 0 spiro atoms. The molecule has 0 amide bonds. The predicted octanol–water partition coefficient (Wildman–Crippen LogP) is 7.00. The van der Waals surface area contributed by atoms with Crippen molar-refractivity contribution in [1.29, 1.82) is 0 Å². The third-order valence-electron chi connectivity index (χ3n) is 4.74. The molecule has 0 saturated heterocycles. The number of rotatable bonds is 6. The van der Waals surface area contributed by atoms with Crippen LogP contribution in [0.3, 0.4) is 0 Å². The molecule has 2 aromatic carbocycles. The van der Waals surface area contributed by atoms with Gasteiger partial charge in [-0.1, -0.05) is 57.2 Å². The lowest BCUT2D eigenvalue weighted by Gasteiger charge is -2.33. The smallest absolute Gasteiger partial charge is 0.391 e. The fourth-order valence-electron chi connectivity index (χ4n) is 3.10. The summed E-state index contributed by atoms with van der Waals surface area (Å²) in [6, 6.07) is 17.9. The van der Waals surface area contributed by atoms with Gasteiger partial charge in [0.1, 0.15) is 17.3 Å². The number of hydrogen-bond acceptors (Lipinski definition) is 4. The SMILES string of the molecule is CC(C)(C)C1CC=C(OP(=O)(Oc2ccccc2)Oc2ccccc2)CC1. The van der Waals surface area contributed by atoms with E-state index >= 15 is 0 Å². The van der Waals surface area contributed by atoms with Gasteiger partial charge in [0.05, 0.1) is 0 Å². The van der Waals surface area contributed by atoms with Crippen LogP contribution in [0.1, 0.15) is 40.0 Å². The molecular formula is C22H27O4P. The average Bonchev–Trinajstić information content (AvgIpc) is 2.63. The third-order valence-corrected chi connectivity index (χ3v) is 6.07. The zero-order chi connectivity index (χ0) is 19.3. The molecule has 0 aromatic heterocycles. The van der Waals surface area contributed by atoms with Crippen LogP contribution >= 0.6 is 7.82 Å². The molecule has 0 fully saturated rings. The van der Waals surface area contributed by atoms with Gasteiger partial charge in [-0.25, -0.2) is 0 Å². The number of phosphoric ester groups is 1. The first-order valence-electron chi connectivity index (χ1n) is 9.32. The lowest BCUT2D eigenvalue weighted by atomic mass is 9.74. The first kappa shape index (κ1) is 19.6. The van der Waals surface area contributed by atoms with E-state index in [1.165, 1.54) is 0 Å². The second kappa shape index (κ2) is 8.22. The lowest BCUT2D eigenvalue weighted by Crippen LogP contribution is -2.22. The number of hydrogen-bond donors (Lipinski definition) is 0. The second-order valence-corrected chi connectivity index (χ2v) is 9.30. The molecule has 0 saturated carbocycles. The maximum Gasteiger partial charge on any atom is 0.646 e. The predicted molar refractivity (Wildman–Crippen MR) is 108 cm³/mol. The minimum absolute atomic E-state index is 0.243. The largest absolute Gasteiger partial charge is 0.646 e. The molecule has 1 aliphatic carbocycles. The van der Waals surface area contributed by atoms with Gasteiger partial charge in [-0.05, 0) is 54.5 Å². The van der Waals surface area contributed by atoms with Crippen LogP contribution in [0.25, 0.3) is 0 Å². The van der Waals surface area contributed by atoms with Gasteiger partial charge < -0.3 is 13.6 Å². The Bertz CT molecular complexity index is 764. The molecule has 5 heteroatoms. The van der Waals surface area contributed by atoms with Crippen LogP contribution < -0.4 is 9.05 Å². The van der Waals surface area contributed by atoms with E-state index in [4.69, 9.17) is 13.6 Å². The van der Waals surface area contributed by atoms with E-state index in [2.05, 4.69) is 20.8 Å². The maximum absolute atomic E-state index is 13.4. The van der Waals surface area contributed by atoms with Gasteiger partial charge in [-0.15, -0.1) is 0 Å². The Morgan fingerprint density at radius 2 is 1.37 bits per heavy atom. The summed E-state index contributed by atoms with van der Waals surface area (Å²) in [5.41, 5.74) is 0.243. The summed E-state index contributed by atoms with van der Waals surface area (Å²) < 4.78 is 30.6. The first-order chi connectivity index (χ1) is 12.8. The molecule has 0 radical (unpaired) electrons. The summed E-state index contributed by atoms with van der Waals surface area (Å²) in [5.74, 6) is 2.14. The highest BCUT2D eigenvalue weighted by atomic mass is 31.2. The van der Waals surface area contributed by atoms with Gasteiger partial charge in [0, 0.05) is 6.42 Å². The van der Waals surface area contributed by atoms with Crippen LogP contribution in [0.15, 0.2) is 72.5 Å². The lowest BCUT2D eigenvalue weighted by molar-refractivity contribution is 0.193. The highest BCUT2D eigenvalue weighted by molar-refractivity contribution is 7.49. The fourth-order valence-corrected chi connectivity index (χ4v) is 4.42. The zero-order valence-corrected chi connectivity index (χ0v) is 17.0. The van der Waals surface area contributed by atoms with Gasteiger partial charge >= 0.3 is 7.82 Å². The summed E-state index contributed by atoms with van der Waals surface area (Å²) in [6.45, 7) is 6.75. The van der Waals surface area contributed by atoms with E-state index in [1.807, 2.05) is 42.5 Å². The van der Waals surface area contributed by atoms with Gasteiger partial charge in [-0.2, -0.15) is 4.57 Å². The molecular weight excluding hydrogens is 359 g/mol. The van der Waals surface area contributed by atoms with Crippen molar-refractivity contribution >= 4 is 7.82 Å². The number of benzene rings is 2. The van der Waals surface area contributed by atoms with Crippen molar-refractivity contribution < 1.29 is 18.1 Å². The van der Waals surface area contributed by atoms with Crippen LogP contribution in [0, 0.1) is 11.3 Å². The number of phosphoric acid groups is 1. The maximum atomic E-state index is 13.4. The Morgan fingerprint density at radius 3 is 1.78 bits per heavy atom. The summed E-state index contributed by atoms with van der Waals surface area (Å²) in [6.07, 6.45) is 4.64. The van der Waals surface area contributed by atoms with E-state index in [0.717, 1.165) is 19.3 Å². The monoisotopic (exact) mass is 386 g/mol. The summed E-state index contributed by atoms with van der Waals surface area (Å²) in [7, 11) is -3.86. The molecule has 1 aliphatic rings. The minimum atomic E-state index is -3.86. The molecule has 3 rings (SSSR count). The molecule has 0 heterocycles. The standard InChI is InChI=1S/C22H27O4P/c1-22(2,3)18-14-16-21(17-15-18)26-27(23,24-19-10-6-4-7-11-19)25-20-12-8-5-9-13-20/h4-13,16,18H,14-15,17H2,1-3H3. The topological polar surface area (TPSA) is 44.8 Å². The van der Waals surface area contributed by atoms with Crippen molar-refractivity contribution in [2.45, 2.75) is 40.0 Å². The Labute approximate surface area is 161 Å². The third kappa shape index (κ3) is 5.64. The Morgan fingerprint density at radius 1 is 0.852 bits per heavy atom. The summed E-state index contributed by atoms with van der Waals surface area (Å²) >= 11 is 0. The normalized spacial score (nSPS) is 17.7. The van der Waals surface area contributed by atoms with Crippen molar-refractivity contribution in [2.24, 2.45) is 11.3 Å². The van der Waals surface area contributed by atoms with Crippen molar-refractivity contribution in [1.82, 2.24) is 0 Å². The van der Waals surface area contributed by atoms with Crippen LogP contribution in [-0.2, 0) is 9.09 Å². The summed E-state index contributed by atoms with van der Waals surface area (Å²) in [4.78, 5) is 0. The molecule has 27 heavy (non-hydrogen) atoms. The second-order valence-electron chi connectivity index (χ2n) is 7.85. The molecule has 2 aromatic rings. The Kier molecular flexibility index (Phi) is 5.96. The highest BCUT2D eigenvalue weighted by Gasteiger charge is 2.35. The molecule has 0 N–H and O–H groups in total. The van der Waals surface area contributed by atoms with Crippen LogP contribution in [0.2, 0.25) is 0 Å². The average molecular weight is 386 g/mol. The van der Waals surface area contributed by atoms with E-state index in [0.29, 0.717) is 23.2 Å². The van der Waals surface area contributed by atoms with Crippen molar-refractivity contribution in [3.05, 3.63) is 72.5 Å². The van der Waals surface area contributed by atoms with Crippen molar-refractivity contribution in [3.8, 4) is 11.5 Å². The van der Waals surface area contributed by atoms with Gasteiger partial charge in [0.25, 0.3) is 0 Å². The van der Waals surface area contributed by atoms with Crippen molar-refractivity contribution in [3.63, 3.8) is 0 Å². The molecule has 4 nitrogen and oxygen atoms in total. The Balaban J connectivity index is 1.78. The van der Waals surface area contributed by atoms with Crippen LogP contribution in [0.5, 0.6) is 11.5 Å². The molecule has 144 valence electrons. The van der Waals surface area contributed by atoms with Gasteiger partial charge in [-0.3, -0.25) is 0 Å². The Hall–Kier alpha value is -2.19. The molecule has 0 bridgehead atoms. The van der Waals surface area contributed by atoms with Gasteiger partial charge in [0.2, 0.25) is 0 Å². The molecule has 1 unspecified atom stereocenters. The zero-order valence-electron chi connectivity index (χ0n) is 16.1. The van der Waals surface area contributed by atoms with E-state index in [1.54, 1.807) is 24.3 Å². The minimum Gasteiger partial charge on any atom is -0.391 e. The van der Waals surface area contributed by atoms with Gasteiger partial charge in [0.15, 0.2) is 0 Å². The van der Waals surface area contributed by atoms with E-state index in [-0.39, 0.29) is 5.41 Å².